The molecular formula is C13H18N2S. The number of aryl methyl sites for hydroxylation is 1. The van der Waals surface area contributed by atoms with Gasteiger partial charge in [0.15, 0.2) is 0 Å². The van der Waals surface area contributed by atoms with E-state index >= 15 is 0 Å². The van der Waals surface area contributed by atoms with E-state index in [1.165, 1.54) is 15.8 Å². The molecule has 0 aliphatic carbocycles. The zero-order valence-electron chi connectivity index (χ0n) is 10.0. The van der Waals surface area contributed by atoms with Gasteiger partial charge in [0.2, 0.25) is 0 Å². The Morgan fingerprint density at radius 2 is 2.00 bits per heavy atom. The van der Waals surface area contributed by atoms with Crippen molar-refractivity contribution in [1.82, 2.24) is 4.57 Å². The third-order valence-corrected chi connectivity index (χ3v) is 4.00. The molecule has 0 radical (unpaired) electrons. The second-order valence-electron chi connectivity index (χ2n) is 4.69. The van der Waals surface area contributed by atoms with Gasteiger partial charge in [-0.25, -0.2) is 0 Å². The number of thioether (sulfide) groups is 1. The molecule has 2 nitrogen and oxygen atoms in total. The molecule has 0 saturated carbocycles. The van der Waals surface area contributed by atoms with Gasteiger partial charge in [-0.2, -0.15) is 0 Å². The Morgan fingerprint density at radius 1 is 1.31 bits per heavy atom. The smallest absolute Gasteiger partial charge is 0.0489 e. The maximum atomic E-state index is 5.78. The fourth-order valence-electron chi connectivity index (χ4n) is 1.73. The van der Waals surface area contributed by atoms with Crippen molar-refractivity contribution in [3.8, 4) is 0 Å². The quantitative estimate of drug-likeness (QED) is 0.828. The number of nitrogens with two attached hydrogens (primary N) is 1. The van der Waals surface area contributed by atoms with E-state index in [2.05, 4.69) is 55.9 Å². The predicted octanol–water partition coefficient (Wildman–Crippen LogP) is 3.01. The highest BCUT2D eigenvalue weighted by molar-refractivity contribution is 8.00. The monoisotopic (exact) mass is 234 g/mol. The zero-order chi connectivity index (χ0) is 11.8. The van der Waals surface area contributed by atoms with Crippen LogP contribution in [0.2, 0.25) is 0 Å². The minimum absolute atomic E-state index is 0.0874. The maximum absolute atomic E-state index is 5.78. The summed E-state index contributed by atoms with van der Waals surface area (Å²) in [5.41, 5.74) is 7.05. The summed E-state index contributed by atoms with van der Waals surface area (Å²) in [6.07, 6.45) is 2.19. The van der Waals surface area contributed by atoms with Gasteiger partial charge in [0.05, 0.1) is 0 Å². The van der Waals surface area contributed by atoms with Gasteiger partial charge in [-0.05, 0) is 19.9 Å². The summed E-state index contributed by atoms with van der Waals surface area (Å²) in [6, 6.07) is 8.48. The standard InChI is InChI=1S/C13H18N2S/c1-13(2,9-14)16-12-8-15(3)11-7-5-4-6-10(11)12/h4-8H,9,14H2,1-3H3. The van der Waals surface area contributed by atoms with Crippen LogP contribution >= 0.6 is 11.8 Å². The minimum Gasteiger partial charge on any atom is -0.349 e. The van der Waals surface area contributed by atoms with Crippen molar-refractivity contribution in [2.24, 2.45) is 12.8 Å². The molecule has 1 aromatic carbocycles. The number of rotatable bonds is 3. The van der Waals surface area contributed by atoms with Gasteiger partial charge in [0.1, 0.15) is 0 Å². The lowest BCUT2D eigenvalue weighted by Crippen LogP contribution is -2.26. The minimum atomic E-state index is 0.0874. The normalized spacial score (nSPS) is 12.2. The lowest BCUT2D eigenvalue weighted by Gasteiger charge is -2.20. The topological polar surface area (TPSA) is 30.9 Å². The van der Waals surface area contributed by atoms with Crippen LogP contribution in [0.1, 0.15) is 13.8 Å². The molecule has 0 saturated heterocycles. The van der Waals surface area contributed by atoms with Gasteiger partial charge in [0, 0.05) is 40.3 Å². The summed E-state index contributed by atoms with van der Waals surface area (Å²) in [4.78, 5) is 1.31. The van der Waals surface area contributed by atoms with Gasteiger partial charge < -0.3 is 10.3 Å². The molecule has 0 aliphatic rings. The van der Waals surface area contributed by atoms with Crippen LogP contribution in [0.5, 0.6) is 0 Å². The van der Waals surface area contributed by atoms with E-state index < -0.39 is 0 Å². The lowest BCUT2D eigenvalue weighted by molar-refractivity contribution is 0.723. The van der Waals surface area contributed by atoms with Crippen LogP contribution < -0.4 is 5.73 Å². The largest absolute Gasteiger partial charge is 0.349 e. The first-order valence-corrected chi connectivity index (χ1v) is 6.28. The fourth-order valence-corrected chi connectivity index (χ4v) is 2.90. The van der Waals surface area contributed by atoms with Gasteiger partial charge in [-0.15, -0.1) is 11.8 Å². The molecule has 0 fully saturated rings. The molecule has 0 aliphatic heterocycles. The Labute approximate surface area is 101 Å². The summed E-state index contributed by atoms with van der Waals surface area (Å²) in [5.74, 6) is 0. The summed E-state index contributed by atoms with van der Waals surface area (Å²) in [7, 11) is 2.09. The predicted molar refractivity (Wildman–Crippen MR) is 71.9 cm³/mol. The molecule has 0 amide bonds. The summed E-state index contributed by atoms with van der Waals surface area (Å²) in [5, 5.41) is 1.32. The van der Waals surface area contributed by atoms with Crippen LogP contribution in [0.3, 0.4) is 0 Å². The molecule has 1 aromatic heterocycles. The first-order valence-electron chi connectivity index (χ1n) is 5.47. The van der Waals surface area contributed by atoms with E-state index in [1.54, 1.807) is 0 Å². The van der Waals surface area contributed by atoms with Crippen LogP contribution in [0.15, 0.2) is 35.4 Å². The molecule has 2 rings (SSSR count). The van der Waals surface area contributed by atoms with Crippen molar-refractivity contribution in [3.63, 3.8) is 0 Å². The average molecular weight is 234 g/mol. The lowest BCUT2D eigenvalue weighted by atomic mass is 10.2. The number of fused-ring (bicyclic) bond motifs is 1. The Morgan fingerprint density at radius 3 is 2.69 bits per heavy atom. The Hall–Kier alpha value is -0.930. The van der Waals surface area contributed by atoms with Crippen LogP contribution in [0.4, 0.5) is 0 Å². The second-order valence-corrected chi connectivity index (χ2v) is 6.44. The van der Waals surface area contributed by atoms with E-state index in [-0.39, 0.29) is 4.75 Å². The average Bonchev–Trinajstić information content (AvgIpc) is 2.56. The van der Waals surface area contributed by atoms with Crippen molar-refractivity contribution >= 4 is 22.7 Å². The molecule has 2 aromatic rings. The van der Waals surface area contributed by atoms with Crippen LogP contribution in [0.25, 0.3) is 10.9 Å². The van der Waals surface area contributed by atoms with Gasteiger partial charge in [-0.1, -0.05) is 18.2 Å². The highest BCUT2D eigenvalue weighted by atomic mass is 32.2. The fraction of sp³-hybridized carbons (Fsp3) is 0.385. The highest BCUT2D eigenvalue weighted by Crippen LogP contribution is 2.37. The van der Waals surface area contributed by atoms with E-state index in [9.17, 15) is 0 Å². The van der Waals surface area contributed by atoms with Crippen molar-refractivity contribution in [3.05, 3.63) is 30.5 Å². The number of para-hydroxylation sites is 1. The molecule has 0 unspecified atom stereocenters. The Bertz CT molecular complexity index is 500. The molecule has 0 bridgehead atoms. The van der Waals surface area contributed by atoms with Crippen molar-refractivity contribution in [2.45, 2.75) is 23.5 Å². The van der Waals surface area contributed by atoms with Crippen molar-refractivity contribution < 1.29 is 0 Å². The second kappa shape index (κ2) is 4.15. The number of benzene rings is 1. The number of hydrogen-bond donors (Lipinski definition) is 1. The Balaban J connectivity index is 2.46. The summed E-state index contributed by atoms with van der Waals surface area (Å²) in [6.45, 7) is 5.04. The molecule has 1 heterocycles. The number of hydrogen-bond acceptors (Lipinski definition) is 2. The first kappa shape index (κ1) is 11.6. The van der Waals surface area contributed by atoms with Crippen LogP contribution in [-0.2, 0) is 7.05 Å². The molecule has 3 heteroatoms. The number of nitrogens with zero attached hydrogens (tertiary/aromatic N) is 1. The molecular weight excluding hydrogens is 216 g/mol. The summed E-state index contributed by atoms with van der Waals surface area (Å²) < 4.78 is 2.26. The van der Waals surface area contributed by atoms with Gasteiger partial charge in [-0.3, -0.25) is 0 Å². The highest BCUT2D eigenvalue weighted by Gasteiger charge is 2.19. The molecule has 0 spiro atoms. The van der Waals surface area contributed by atoms with Crippen LogP contribution in [0, 0.1) is 0 Å². The first-order chi connectivity index (χ1) is 7.53. The van der Waals surface area contributed by atoms with E-state index in [0.717, 1.165) is 0 Å². The third-order valence-electron chi connectivity index (χ3n) is 2.74. The third kappa shape index (κ3) is 2.11. The van der Waals surface area contributed by atoms with Gasteiger partial charge >= 0.3 is 0 Å². The maximum Gasteiger partial charge on any atom is 0.0489 e. The molecule has 16 heavy (non-hydrogen) atoms. The molecule has 86 valence electrons. The molecule has 2 N–H and O–H groups in total. The van der Waals surface area contributed by atoms with E-state index in [4.69, 9.17) is 5.73 Å². The van der Waals surface area contributed by atoms with Crippen molar-refractivity contribution in [2.75, 3.05) is 6.54 Å². The Kier molecular flexibility index (Phi) is 3.00. The SMILES string of the molecule is Cn1cc(SC(C)(C)CN)c2ccccc21. The zero-order valence-corrected chi connectivity index (χ0v) is 10.8. The summed E-state index contributed by atoms with van der Waals surface area (Å²) >= 11 is 1.85. The van der Waals surface area contributed by atoms with Crippen molar-refractivity contribution in [1.29, 1.82) is 0 Å². The van der Waals surface area contributed by atoms with E-state index in [0.29, 0.717) is 6.54 Å². The van der Waals surface area contributed by atoms with Gasteiger partial charge in [0.25, 0.3) is 0 Å². The van der Waals surface area contributed by atoms with Crippen LogP contribution in [-0.4, -0.2) is 15.9 Å². The molecule has 0 atom stereocenters. The number of aromatic nitrogens is 1. The van der Waals surface area contributed by atoms with E-state index in [1.807, 2.05) is 11.8 Å².